The normalized spacial score (nSPS) is 25.9. The molecule has 2 fully saturated rings. The van der Waals surface area contributed by atoms with Crippen LogP contribution in [0.1, 0.15) is 39.0 Å². The minimum Gasteiger partial charge on any atom is -0.335 e. The van der Waals surface area contributed by atoms with Crippen molar-refractivity contribution < 1.29 is 4.79 Å². The van der Waals surface area contributed by atoms with Gasteiger partial charge in [-0.05, 0) is 45.6 Å². The Balaban J connectivity index is 1.83. The topological polar surface area (TPSA) is 44.4 Å². The highest BCUT2D eigenvalue weighted by Crippen LogP contribution is 2.19. The van der Waals surface area contributed by atoms with Crippen LogP contribution in [0.4, 0.5) is 4.79 Å². The first kappa shape index (κ1) is 11.7. The van der Waals surface area contributed by atoms with E-state index in [-0.39, 0.29) is 6.03 Å². The zero-order chi connectivity index (χ0) is 11.4. The minimum absolute atomic E-state index is 0.140. The van der Waals surface area contributed by atoms with Gasteiger partial charge in [0.25, 0.3) is 0 Å². The first-order valence-electron chi connectivity index (χ1n) is 6.59. The second-order valence-corrected chi connectivity index (χ2v) is 4.86. The zero-order valence-electron chi connectivity index (χ0n) is 10.2. The van der Waals surface area contributed by atoms with Crippen molar-refractivity contribution >= 4 is 6.03 Å². The van der Waals surface area contributed by atoms with Gasteiger partial charge in [-0.3, -0.25) is 0 Å². The molecule has 1 heterocycles. The van der Waals surface area contributed by atoms with Crippen molar-refractivity contribution in [2.45, 2.75) is 51.1 Å². The molecule has 1 aliphatic carbocycles. The van der Waals surface area contributed by atoms with Gasteiger partial charge >= 0.3 is 6.03 Å². The predicted molar refractivity (Wildman–Crippen MR) is 64.4 cm³/mol. The molecule has 4 heteroatoms. The van der Waals surface area contributed by atoms with Crippen molar-refractivity contribution in [1.29, 1.82) is 0 Å². The molecule has 0 aromatic carbocycles. The summed E-state index contributed by atoms with van der Waals surface area (Å²) in [4.78, 5) is 14.1. The summed E-state index contributed by atoms with van der Waals surface area (Å²) in [5.41, 5.74) is 0. The summed E-state index contributed by atoms with van der Waals surface area (Å²) in [6.45, 7) is 4.92. The van der Waals surface area contributed by atoms with Crippen molar-refractivity contribution in [2.24, 2.45) is 0 Å². The Morgan fingerprint density at radius 1 is 1.38 bits per heavy atom. The molecule has 1 atom stereocenters. The van der Waals surface area contributed by atoms with Gasteiger partial charge in [0.05, 0.1) is 0 Å². The molecule has 1 saturated heterocycles. The van der Waals surface area contributed by atoms with Crippen molar-refractivity contribution in [3.8, 4) is 0 Å². The van der Waals surface area contributed by atoms with Crippen LogP contribution < -0.4 is 10.6 Å². The molecule has 1 unspecified atom stereocenters. The van der Waals surface area contributed by atoms with Crippen LogP contribution in [0, 0.1) is 0 Å². The number of nitrogens with zero attached hydrogens (tertiary/aromatic N) is 1. The lowest BCUT2D eigenvalue weighted by atomic mass is 9.93. The fourth-order valence-electron chi connectivity index (χ4n) is 2.48. The molecule has 1 saturated carbocycles. The van der Waals surface area contributed by atoms with Gasteiger partial charge in [-0.25, -0.2) is 4.79 Å². The van der Waals surface area contributed by atoms with Crippen LogP contribution in [0.15, 0.2) is 0 Å². The largest absolute Gasteiger partial charge is 0.335 e. The molecule has 0 aromatic heterocycles. The van der Waals surface area contributed by atoms with Crippen molar-refractivity contribution in [1.82, 2.24) is 15.5 Å². The number of hydrogen-bond acceptors (Lipinski definition) is 2. The Kier molecular flexibility index (Phi) is 4.04. The highest BCUT2D eigenvalue weighted by Gasteiger charge is 2.27. The first-order valence-corrected chi connectivity index (χ1v) is 6.59. The van der Waals surface area contributed by atoms with E-state index >= 15 is 0 Å². The molecule has 4 nitrogen and oxygen atoms in total. The van der Waals surface area contributed by atoms with Crippen LogP contribution in [0.2, 0.25) is 0 Å². The molecule has 2 N–H and O–H groups in total. The van der Waals surface area contributed by atoms with Gasteiger partial charge < -0.3 is 15.5 Å². The molecule has 0 spiro atoms. The third kappa shape index (κ3) is 2.67. The fraction of sp³-hybridized carbons (Fsp3) is 0.917. The van der Waals surface area contributed by atoms with Crippen molar-refractivity contribution in [3.63, 3.8) is 0 Å². The summed E-state index contributed by atoms with van der Waals surface area (Å²) in [5.74, 6) is 0. The smallest absolute Gasteiger partial charge is 0.317 e. The van der Waals surface area contributed by atoms with Gasteiger partial charge in [-0.1, -0.05) is 0 Å². The number of rotatable bonds is 3. The Morgan fingerprint density at radius 2 is 2.19 bits per heavy atom. The van der Waals surface area contributed by atoms with Gasteiger partial charge in [0.2, 0.25) is 0 Å². The number of carbonyl (C=O) groups excluding carboxylic acids is 1. The van der Waals surface area contributed by atoms with Crippen molar-refractivity contribution in [3.05, 3.63) is 0 Å². The predicted octanol–water partition coefficient (Wildman–Crippen LogP) is 1.32. The van der Waals surface area contributed by atoms with Crippen LogP contribution in [0.3, 0.4) is 0 Å². The van der Waals surface area contributed by atoms with Crippen LogP contribution in [0.25, 0.3) is 0 Å². The monoisotopic (exact) mass is 225 g/mol. The van der Waals surface area contributed by atoms with E-state index in [1.165, 1.54) is 12.8 Å². The Labute approximate surface area is 97.8 Å². The Bertz CT molecular complexity index is 234. The van der Waals surface area contributed by atoms with Crippen LogP contribution in [0.5, 0.6) is 0 Å². The molecule has 92 valence electrons. The summed E-state index contributed by atoms with van der Waals surface area (Å²) in [5, 5.41) is 6.49. The van der Waals surface area contributed by atoms with E-state index in [2.05, 4.69) is 17.6 Å². The van der Waals surface area contributed by atoms with Gasteiger partial charge in [0.15, 0.2) is 0 Å². The molecular weight excluding hydrogens is 202 g/mol. The maximum Gasteiger partial charge on any atom is 0.317 e. The quantitative estimate of drug-likeness (QED) is 0.761. The molecule has 1 aliphatic heterocycles. The lowest BCUT2D eigenvalue weighted by molar-refractivity contribution is 0.156. The summed E-state index contributed by atoms with van der Waals surface area (Å²) < 4.78 is 0. The van der Waals surface area contributed by atoms with Gasteiger partial charge in [0, 0.05) is 25.2 Å². The second-order valence-electron chi connectivity index (χ2n) is 4.86. The molecule has 0 aromatic rings. The lowest BCUT2D eigenvalue weighted by Crippen LogP contribution is -2.54. The van der Waals surface area contributed by atoms with Gasteiger partial charge in [-0.2, -0.15) is 0 Å². The number of carbonyl (C=O) groups is 1. The summed E-state index contributed by atoms with van der Waals surface area (Å²) in [6.07, 6.45) is 5.90. The average molecular weight is 225 g/mol. The standard InChI is InChI=1S/C12H23N3O/c1-2-15(11-7-4-8-13-9-11)12(16)14-10-5-3-6-10/h10-11,13H,2-9H2,1H3,(H,14,16). The molecule has 2 rings (SSSR count). The Morgan fingerprint density at radius 3 is 2.69 bits per heavy atom. The molecule has 0 bridgehead atoms. The number of amides is 2. The van der Waals surface area contributed by atoms with Crippen LogP contribution in [-0.2, 0) is 0 Å². The van der Waals surface area contributed by atoms with E-state index < -0.39 is 0 Å². The van der Waals surface area contributed by atoms with E-state index in [0.29, 0.717) is 12.1 Å². The van der Waals surface area contributed by atoms with Gasteiger partial charge in [-0.15, -0.1) is 0 Å². The summed E-state index contributed by atoms with van der Waals surface area (Å²) >= 11 is 0. The Hall–Kier alpha value is -0.770. The number of likely N-dealkylation sites (N-methyl/N-ethyl adjacent to an activating group) is 1. The summed E-state index contributed by atoms with van der Waals surface area (Å²) in [7, 11) is 0. The third-order valence-corrected chi connectivity index (χ3v) is 3.75. The minimum atomic E-state index is 0.140. The third-order valence-electron chi connectivity index (χ3n) is 3.75. The molecule has 2 aliphatic rings. The van der Waals surface area contributed by atoms with E-state index in [1.54, 1.807) is 0 Å². The second kappa shape index (κ2) is 5.53. The SMILES string of the molecule is CCN(C(=O)NC1CCC1)C1CCCNC1. The number of hydrogen-bond donors (Lipinski definition) is 2. The van der Waals surface area contributed by atoms with Crippen LogP contribution >= 0.6 is 0 Å². The molecular formula is C12H23N3O. The highest BCUT2D eigenvalue weighted by molar-refractivity contribution is 5.75. The number of nitrogens with one attached hydrogen (secondary N) is 2. The fourth-order valence-corrected chi connectivity index (χ4v) is 2.48. The van der Waals surface area contributed by atoms with Crippen LogP contribution in [-0.4, -0.2) is 42.6 Å². The average Bonchev–Trinajstić information content (AvgIpc) is 2.26. The first-order chi connectivity index (χ1) is 7.81. The van der Waals surface area contributed by atoms with Crippen molar-refractivity contribution in [2.75, 3.05) is 19.6 Å². The van der Waals surface area contributed by atoms with E-state index in [4.69, 9.17) is 0 Å². The number of piperidine rings is 1. The maximum atomic E-state index is 12.1. The lowest BCUT2D eigenvalue weighted by Gasteiger charge is -2.36. The molecule has 16 heavy (non-hydrogen) atoms. The maximum absolute atomic E-state index is 12.1. The van der Waals surface area contributed by atoms with Gasteiger partial charge in [0.1, 0.15) is 0 Å². The van der Waals surface area contributed by atoms with E-state index in [0.717, 1.165) is 38.9 Å². The molecule has 0 radical (unpaired) electrons. The van der Waals surface area contributed by atoms with E-state index in [9.17, 15) is 4.79 Å². The summed E-state index contributed by atoms with van der Waals surface area (Å²) in [6, 6.07) is 0.970. The zero-order valence-corrected chi connectivity index (χ0v) is 10.2. The highest BCUT2D eigenvalue weighted by atomic mass is 16.2. The number of urea groups is 1. The molecule has 2 amide bonds. The van der Waals surface area contributed by atoms with E-state index in [1.807, 2.05) is 4.90 Å².